The second-order valence-electron chi connectivity index (χ2n) is 3.75. The Bertz CT molecular complexity index is 441. The maximum atomic E-state index is 12.0. The van der Waals surface area contributed by atoms with Crippen LogP contribution in [0, 0.1) is 0 Å². The molecule has 100 valence electrons. The molecule has 0 aliphatic carbocycles. The number of rotatable bonds is 5. The molecular weight excluding hydrogens is 236 g/mol. The molecular formula is C11H18N4O3. The molecule has 1 amide bonds. The molecule has 2 N–H and O–H groups in total. The summed E-state index contributed by atoms with van der Waals surface area (Å²) < 4.78 is 6.34. The van der Waals surface area contributed by atoms with E-state index in [2.05, 4.69) is 5.10 Å². The summed E-state index contributed by atoms with van der Waals surface area (Å²) in [7, 11) is 1.50. The number of carbonyl (C=O) groups excluding carboxylic acids is 2. The van der Waals surface area contributed by atoms with E-state index in [1.807, 2.05) is 6.92 Å². The van der Waals surface area contributed by atoms with Crippen LogP contribution in [-0.4, -0.2) is 46.8 Å². The van der Waals surface area contributed by atoms with Crippen LogP contribution >= 0.6 is 0 Å². The Morgan fingerprint density at radius 3 is 2.67 bits per heavy atom. The van der Waals surface area contributed by atoms with Crippen molar-refractivity contribution < 1.29 is 14.3 Å². The third-order valence-electron chi connectivity index (χ3n) is 2.33. The summed E-state index contributed by atoms with van der Waals surface area (Å²) in [6.07, 6.45) is 1.59. The summed E-state index contributed by atoms with van der Waals surface area (Å²) in [6, 6.07) is 0. The highest BCUT2D eigenvalue weighted by atomic mass is 16.5. The van der Waals surface area contributed by atoms with Gasteiger partial charge in [0.2, 0.25) is 0 Å². The minimum Gasteiger partial charge on any atom is -0.465 e. The number of likely N-dealkylation sites (N-methyl/N-ethyl adjacent to an activating group) is 1. The molecule has 7 heteroatoms. The first-order valence-corrected chi connectivity index (χ1v) is 5.73. The number of nitrogen functional groups attached to an aromatic ring is 1. The number of aryl methyl sites for hydroxylation is 1. The lowest BCUT2D eigenvalue weighted by atomic mass is 10.3. The van der Waals surface area contributed by atoms with E-state index in [1.54, 1.807) is 17.8 Å². The molecule has 0 aliphatic rings. The fraction of sp³-hybridized carbons (Fsp3) is 0.545. The lowest BCUT2D eigenvalue weighted by molar-refractivity contribution is -0.143. The zero-order valence-electron chi connectivity index (χ0n) is 10.8. The van der Waals surface area contributed by atoms with Crippen molar-refractivity contribution in [1.82, 2.24) is 14.7 Å². The monoisotopic (exact) mass is 254 g/mol. The molecule has 0 saturated carbocycles. The lowest BCUT2D eigenvalue weighted by Crippen LogP contribution is -2.33. The Hall–Kier alpha value is -2.05. The molecule has 18 heavy (non-hydrogen) atoms. The lowest BCUT2D eigenvalue weighted by Gasteiger charge is -2.14. The Balaban J connectivity index is 2.73. The van der Waals surface area contributed by atoms with Crippen LogP contribution in [-0.2, 0) is 16.1 Å². The third-order valence-corrected chi connectivity index (χ3v) is 2.33. The standard InChI is InChI=1S/C11H18N4O3/c1-4-15-6-8(12)10(13-15)11(17)14(3)7-9(16)18-5-2/h6H,4-5,7,12H2,1-3H3. The summed E-state index contributed by atoms with van der Waals surface area (Å²) in [5.41, 5.74) is 6.16. The van der Waals surface area contributed by atoms with Crippen molar-refractivity contribution in [2.75, 3.05) is 25.9 Å². The molecule has 0 bridgehead atoms. The topological polar surface area (TPSA) is 90.5 Å². The summed E-state index contributed by atoms with van der Waals surface area (Å²) >= 11 is 0. The maximum Gasteiger partial charge on any atom is 0.325 e. The van der Waals surface area contributed by atoms with Gasteiger partial charge in [-0.05, 0) is 13.8 Å². The van der Waals surface area contributed by atoms with Gasteiger partial charge in [-0.1, -0.05) is 0 Å². The average Bonchev–Trinajstić information content (AvgIpc) is 2.69. The molecule has 0 aromatic carbocycles. The van der Waals surface area contributed by atoms with Gasteiger partial charge >= 0.3 is 5.97 Å². The number of carbonyl (C=O) groups is 2. The molecule has 0 saturated heterocycles. The van der Waals surface area contributed by atoms with Crippen molar-refractivity contribution in [3.8, 4) is 0 Å². The molecule has 0 radical (unpaired) electrons. The molecule has 0 spiro atoms. The molecule has 0 atom stereocenters. The van der Waals surface area contributed by atoms with Gasteiger partial charge in [-0.15, -0.1) is 0 Å². The van der Waals surface area contributed by atoms with E-state index in [9.17, 15) is 9.59 Å². The van der Waals surface area contributed by atoms with E-state index >= 15 is 0 Å². The van der Waals surface area contributed by atoms with Crippen LogP contribution in [0.3, 0.4) is 0 Å². The largest absolute Gasteiger partial charge is 0.465 e. The van der Waals surface area contributed by atoms with E-state index in [-0.39, 0.29) is 18.8 Å². The normalized spacial score (nSPS) is 10.2. The maximum absolute atomic E-state index is 12.0. The van der Waals surface area contributed by atoms with Gasteiger partial charge in [0.1, 0.15) is 6.54 Å². The number of anilines is 1. The average molecular weight is 254 g/mol. The molecule has 1 aromatic heterocycles. The number of aromatic nitrogens is 2. The van der Waals surface area contributed by atoms with E-state index in [4.69, 9.17) is 10.5 Å². The minimum atomic E-state index is -0.457. The highest BCUT2D eigenvalue weighted by Gasteiger charge is 2.20. The number of hydrogen-bond acceptors (Lipinski definition) is 5. The zero-order valence-corrected chi connectivity index (χ0v) is 10.8. The van der Waals surface area contributed by atoms with Gasteiger partial charge in [-0.25, -0.2) is 0 Å². The van der Waals surface area contributed by atoms with Gasteiger partial charge in [0.15, 0.2) is 5.69 Å². The number of nitrogens with zero attached hydrogens (tertiary/aromatic N) is 3. The van der Waals surface area contributed by atoms with Gasteiger partial charge in [0.05, 0.1) is 12.3 Å². The second-order valence-corrected chi connectivity index (χ2v) is 3.75. The summed E-state index contributed by atoms with van der Waals surface area (Å²) in [5, 5.41) is 4.05. The Morgan fingerprint density at radius 2 is 2.17 bits per heavy atom. The Morgan fingerprint density at radius 1 is 1.50 bits per heavy atom. The van der Waals surface area contributed by atoms with E-state index < -0.39 is 11.9 Å². The molecule has 0 aliphatic heterocycles. The van der Waals surface area contributed by atoms with Gasteiger partial charge in [0, 0.05) is 19.8 Å². The molecule has 1 aromatic rings. The number of esters is 1. The van der Waals surface area contributed by atoms with Crippen molar-refractivity contribution in [3.05, 3.63) is 11.9 Å². The SMILES string of the molecule is CCOC(=O)CN(C)C(=O)c1nn(CC)cc1N. The van der Waals surface area contributed by atoms with Crippen molar-refractivity contribution in [1.29, 1.82) is 0 Å². The fourth-order valence-corrected chi connectivity index (χ4v) is 1.42. The molecule has 7 nitrogen and oxygen atoms in total. The molecule has 0 unspecified atom stereocenters. The number of amides is 1. The van der Waals surface area contributed by atoms with Crippen molar-refractivity contribution >= 4 is 17.6 Å². The van der Waals surface area contributed by atoms with Crippen LogP contribution in [0.15, 0.2) is 6.20 Å². The van der Waals surface area contributed by atoms with Crippen molar-refractivity contribution in [2.24, 2.45) is 0 Å². The van der Waals surface area contributed by atoms with Gasteiger partial charge in [-0.3, -0.25) is 14.3 Å². The minimum absolute atomic E-state index is 0.120. The van der Waals surface area contributed by atoms with Gasteiger partial charge in [-0.2, -0.15) is 5.10 Å². The highest BCUT2D eigenvalue weighted by Crippen LogP contribution is 2.11. The van der Waals surface area contributed by atoms with Crippen LogP contribution < -0.4 is 5.73 Å². The summed E-state index contributed by atoms with van der Waals surface area (Å²) in [4.78, 5) is 24.5. The first-order chi connectivity index (χ1) is 8.49. The van der Waals surface area contributed by atoms with Crippen LogP contribution in [0.1, 0.15) is 24.3 Å². The number of nitrogens with two attached hydrogens (primary N) is 1. The first-order valence-electron chi connectivity index (χ1n) is 5.73. The van der Waals surface area contributed by atoms with Crippen LogP contribution in [0.2, 0.25) is 0 Å². The third kappa shape index (κ3) is 3.22. The van der Waals surface area contributed by atoms with Crippen molar-refractivity contribution in [2.45, 2.75) is 20.4 Å². The van der Waals surface area contributed by atoms with E-state index in [0.717, 1.165) is 0 Å². The quantitative estimate of drug-likeness (QED) is 0.754. The Kier molecular flexibility index (Phi) is 4.70. The predicted molar refractivity (Wildman–Crippen MR) is 65.9 cm³/mol. The fourth-order valence-electron chi connectivity index (χ4n) is 1.42. The second kappa shape index (κ2) is 6.04. The van der Waals surface area contributed by atoms with Gasteiger partial charge in [0.25, 0.3) is 5.91 Å². The molecule has 0 fully saturated rings. The number of ether oxygens (including phenoxy) is 1. The molecule has 1 rings (SSSR count). The predicted octanol–water partition coefficient (Wildman–Crippen LogP) is 0.120. The summed E-state index contributed by atoms with van der Waals surface area (Å²) in [5.74, 6) is -0.852. The van der Waals surface area contributed by atoms with Crippen LogP contribution in [0.4, 0.5) is 5.69 Å². The van der Waals surface area contributed by atoms with Crippen LogP contribution in [0.25, 0.3) is 0 Å². The molecule has 1 heterocycles. The smallest absolute Gasteiger partial charge is 0.325 e. The number of hydrogen-bond donors (Lipinski definition) is 1. The van der Waals surface area contributed by atoms with Crippen LogP contribution in [0.5, 0.6) is 0 Å². The summed E-state index contributed by atoms with van der Waals surface area (Å²) in [6.45, 7) is 4.39. The Labute approximate surface area is 105 Å². The van der Waals surface area contributed by atoms with E-state index in [0.29, 0.717) is 12.2 Å². The zero-order chi connectivity index (χ0) is 13.7. The van der Waals surface area contributed by atoms with Gasteiger partial charge < -0.3 is 15.4 Å². The first kappa shape index (κ1) is 14.0. The van der Waals surface area contributed by atoms with E-state index in [1.165, 1.54) is 11.9 Å². The highest BCUT2D eigenvalue weighted by molar-refractivity contribution is 5.98. The van der Waals surface area contributed by atoms with Crippen molar-refractivity contribution in [3.63, 3.8) is 0 Å².